The Morgan fingerprint density at radius 1 is 0.583 bits per heavy atom. The summed E-state index contributed by atoms with van der Waals surface area (Å²) in [6, 6.07) is 30.8. The van der Waals surface area contributed by atoms with Gasteiger partial charge in [-0.3, -0.25) is 0 Å². The number of phenols is 1. The van der Waals surface area contributed by atoms with Gasteiger partial charge >= 0.3 is 0 Å². The van der Waals surface area contributed by atoms with Crippen LogP contribution in [0.15, 0.2) is 91.0 Å². The topological polar surface area (TPSA) is 20.2 Å². The maximum atomic E-state index is 10.9. The minimum Gasteiger partial charge on any atom is -0.507 e. The van der Waals surface area contributed by atoms with Crippen molar-refractivity contribution in [3.8, 4) is 16.9 Å². The third kappa shape index (κ3) is 2.65. The second-order valence-corrected chi connectivity index (χ2v) is 6.00. The third-order valence-corrected chi connectivity index (χ3v) is 4.44. The van der Waals surface area contributed by atoms with Gasteiger partial charge in [0.2, 0.25) is 0 Å². The van der Waals surface area contributed by atoms with E-state index in [1.165, 1.54) is 10.9 Å². The number of fused-ring (bicyclic) bond motifs is 1. The minimum atomic E-state index is 0.373. The average Bonchev–Trinajstić information content (AvgIpc) is 2.64. The highest BCUT2D eigenvalue weighted by molar-refractivity contribution is 5.98. The van der Waals surface area contributed by atoms with Crippen molar-refractivity contribution in [1.29, 1.82) is 0 Å². The van der Waals surface area contributed by atoms with Crippen LogP contribution in [0.25, 0.3) is 21.9 Å². The lowest BCUT2D eigenvalue weighted by atomic mass is 9.94. The molecule has 0 radical (unpaired) electrons. The van der Waals surface area contributed by atoms with Crippen LogP contribution in [0.5, 0.6) is 5.75 Å². The van der Waals surface area contributed by atoms with Crippen molar-refractivity contribution in [2.45, 2.75) is 6.42 Å². The fourth-order valence-electron chi connectivity index (χ4n) is 3.23. The molecule has 4 aromatic rings. The average molecular weight is 310 g/mol. The molecule has 0 atom stereocenters. The summed E-state index contributed by atoms with van der Waals surface area (Å²) >= 11 is 0. The lowest BCUT2D eigenvalue weighted by molar-refractivity contribution is 0.471. The number of aromatic hydroxyl groups is 1. The van der Waals surface area contributed by atoms with E-state index in [1.807, 2.05) is 54.6 Å². The summed E-state index contributed by atoms with van der Waals surface area (Å²) in [6.07, 6.45) is 0.727. The largest absolute Gasteiger partial charge is 0.507 e. The Bertz CT molecular complexity index is 982. The van der Waals surface area contributed by atoms with Crippen molar-refractivity contribution >= 4 is 10.8 Å². The van der Waals surface area contributed by atoms with Gasteiger partial charge in [0.15, 0.2) is 0 Å². The van der Waals surface area contributed by atoms with E-state index < -0.39 is 0 Å². The molecule has 4 rings (SSSR count). The van der Waals surface area contributed by atoms with Gasteiger partial charge in [-0.15, -0.1) is 0 Å². The molecule has 0 aliphatic rings. The lowest BCUT2D eigenvalue weighted by Gasteiger charge is -2.12. The van der Waals surface area contributed by atoms with Crippen molar-refractivity contribution in [3.63, 3.8) is 0 Å². The molecule has 0 aliphatic carbocycles. The van der Waals surface area contributed by atoms with Crippen molar-refractivity contribution in [2.24, 2.45) is 0 Å². The van der Waals surface area contributed by atoms with Crippen LogP contribution in [-0.2, 0) is 6.42 Å². The predicted octanol–water partition coefficient (Wildman–Crippen LogP) is 5.80. The molecule has 0 saturated carbocycles. The fraction of sp³-hybridized carbons (Fsp3) is 0.0435. The van der Waals surface area contributed by atoms with Gasteiger partial charge in [0.1, 0.15) is 5.75 Å². The van der Waals surface area contributed by atoms with Crippen LogP contribution >= 0.6 is 0 Å². The first-order chi connectivity index (χ1) is 11.8. The van der Waals surface area contributed by atoms with Crippen LogP contribution in [0.2, 0.25) is 0 Å². The highest BCUT2D eigenvalue weighted by Crippen LogP contribution is 2.37. The maximum absolute atomic E-state index is 10.9. The molecule has 0 aliphatic heterocycles. The molecule has 1 N–H and O–H groups in total. The number of rotatable bonds is 3. The Labute approximate surface area is 141 Å². The molecule has 116 valence electrons. The number of benzene rings is 4. The first-order valence-corrected chi connectivity index (χ1v) is 8.16. The number of para-hydroxylation sites is 1. The fourth-order valence-corrected chi connectivity index (χ4v) is 3.23. The zero-order valence-electron chi connectivity index (χ0n) is 13.3. The Hall–Kier alpha value is -3.06. The number of hydrogen-bond acceptors (Lipinski definition) is 1. The van der Waals surface area contributed by atoms with Crippen LogP contribution in [0.3, 0.4) is 0 Å². The van der Waals surface area contributed by atoms with E-state index in [4.69, 9.17) is 0 Å². The summed E-state index contributed by atoms with van der Waals surface area (Å²) in [5.74, 6) is 0.373. The highest BCUT2D eigenvalue weighted by atomic mass is 16.3. The molecule has 0 saturated heterocycles. The van der Waals surface area contributed by atoms with Gasteiger partial charge in [0.05, 0.1) is 0 Å². The standard InChI is InChI=1S/C23H18O/c24-23-19(16-17-8-2-1-3-9-17)12-7-15-22(23)21-14-6-11-18-10-4-5-13-20(18)21/h1-15,24H,16H2. The van der Waals surface area contributed by atoms with E-state index in [0.717, 1.165) is 28.5 Å². The second kappa shape index (κ2) is 6.21. The summed E-state index contributed by atoms with van der Waals surface area (Å²) in [6.45, 7) is 0. The lowest BCUT2D eigenvalue weighted by Crippen LogP contribution is -1.91. The van der Waals surface area contributed by atoms with E-state index >= 15 is 0 Å². The third-order valence-electron chi connectivity index (χ3n) is 4.44. The molecule has 1 heteroatoms. The highest BCUT2D eigenvalue weighted by Gasteiger charge is 2.11. The summed E-state index contributed by atoms with van der Waals surface area (Å²) in [4.78, 5) is 0. The number of hydrogen-bond donors (Lipinski definition) is 1. The molecule has 0 amide bonds. The number of phenolic OH excluding ortho intramolecular Hbond substituents is 1. The Morgan fingerprint density at radius 3 is 2.12 bits per heavy atom. The molecule has 0 fully saturated rings. The molecular weight excluding hydrogens is 292 g/mol. The molecule has 0 bridgehead atoms. The summed E-state index contributed by atoms with van der Waals surface area (Å²) in [7, 11) is 0. The monoisotopic (exact) mass is 310 g/mol. The van der Waals surface area contributed by atoms with Gasteiger partial charge in [-0.1, -0.05) is 91.0 Å². The molecular formula is C23H18O. The predicted molar refractivity (Wildman–Crippen MR) is 100 cm³/mol. The summed E-state index contributed by atoms with van der Waals surface area (Å²) in [5.41, 5.74) is 4.11. The van der Waals surface area contributed by atoms with Crippen LogP contribution in [0, 0.1) is 0 Å². The van der Waals surface area contributed by atoms with Gasteiger partial charge in [-0.05, 0) is 27.5 Å². The van der Waals surface area contributed by atoms with Gasteiger partial charge in [-0.25, -0.2) is 0 Å². The first kappa shape index (κ1) is 14.5. The molecule has 24 heavy (non-hydrogen) atoms. The van der Waals surface area contributed by atoms with Crippen LogP contribution < -0.4 is 0 Å². The SMILES string of the molecule is Oc1c(Cc2ccccc2)cccc1-c1cccc2ccccc12. The second-order valence-electron chi connectivity index (χ2n) is 6.00. The summed E-state index contributed by atoms with van der Waals surface area (Å²) in [5, 5.41) is 13.2. The first-order valence-electron chi connectivity index (χ1n) is 8.16. The normalized spacial score (nSPS) is 10.8. The molecule has 4 aromatic carbocycles. The zero-order chi connectivity index (χ0) is 16.4. The van der Waals surface area contributed by atoms with Gasteiger partial charge < -0.3 is 5.11 Å². The van der Waals surface area contributed by atoms with E-state index in [9.17, 15) is 5.11 Å². The molecule has 0 unspecified atom stereocenters. The molecule has 0 spiro atoms. The van der Waals surface area contributed by atoms with Gasteiger partial charge in [-0.2, -0.15) is 0 Å². The van der Waals surface area contributed by atoms with Crippen molar-refractivity contribution in [2.75, 3.05) is 0 Å². The Kier molecular flexibility index (Phi) is 3.76. The maximum Gasteiger partial charge on any atom is 0.126 e. The zero-order valence-corrected chi connectivity index (χ0v) is 13.3. The summed E-state index contributed by atoms with van der Waals surface area (Å²) < 4.78 is 0. The van der Waals surface area contributed by atoms with E-state index in [-0.39, 0.29) is 0 Å². The quantitative estimate of drug-likeness (QED) is 0.507. The van der Waals surface area contributed by atoms with Crippen molar-refractivity contribution < 1.29 is 5.11 Å². The molecule has 0 heterocycles. The Morgan fingerprint density at radius 2 is 1.25 bits per heavy atom. The molecule has 1 nitrogen and oxygen atoms in total. The van der Waals surface area contributed by atoms with Crippen LogP contribution in [0.1, 0.15) is 11.1 Å². The van der Waals surface area contributed by atoms with Crippen LogP contribution in [0.4, 0.5) is 0 Å². The van der Waals surface area contributed by atoms with Crippen molar-refractivity contribution in [3.05, 3.63) is 102 Å². The van der Waals surface area contributed by atoms with Gasteiger partial charge in [0.25, 0.3) is 0 Å². The van der Waals surface area contributed by atoms with Crippen molar-refractivity contribution in [1.82, 2.24) is 0 Å². The minimum absolute atomic E-state index is 0.373. The van der Waals surface area contributed by atoms with E-state index in [2.05, 4.69) is 36.4 Å². The van der Waals surface area contributed by atoms with Gasteiger partial charge in [0, 0.05) is 12.0 Å². The van der Waals surface area contributed by atoms with Crippen LogP contribution in [-0.4, -0.2) is 5.11 Å². The molecule has 0 aromatic heterocycles. The Balaban J connectivity index is 1.83. The smallest absolute Gasteiger partial charge is 0.126 e. The van der Waals surface area contributed by atoms with E-state index in [1.54, 1.807) is 0 Å². The van der Waals surface area contributed by atoms with E-state index in [0.29, 0.717) is 5.75 Å².